The van der Waals surface area contributed by atoms with E-state index in [-0.39, 0.29) is 5.91 Å². The van der Waals surface area contributed by atoms with E-state index in [2.05, 4.69) is 5.32 Å². The molecule has 4 rings (SSSR count). The van der Waals surface area contributed by atoms with Gasteiger partial charge in [0.25, 0.3) is 5.91 Å². The number of rotatable bonds is 3. The Morgan fingerprint density at radius 1 is 0.731 bits per heavy atom. The minimum atomic E-state index is -1.29. The number of para-hydroxylation sites is 1. The van der Waals surface area contributed by atoms with Gasteiger partial charge in [-0.3, -0.25) is 4.79 Å². The van der Waals surface area contributed by atoms with Crippen LogP contribution in [0, 0.1) is 0 Å². The van der Waals surface area contributed by atoms with E-state index in [9.17, 15) is 9.59 Å². The number of imide groups is 1. The SMILES string of the molecule is O=C1NC(c2ccccc2)(c2ccc(Cl)cc2)C(=O)N1c1ccccc1. The quantitative estimate of drug-likeness (QED) is 0.704. The van der Waals surface area contributed by atoms with E-state index in [1.807, 2.05) is 36.4 Å². The summed E-state index contributed by atoms with van der Waals surface area (Å²) in [5.74, 6) is -0.345. The minimum Gasteiger partial charge on any atom is -0.315 e. The average molecular weight is 363 g/mol. The maximum atomic E-state index is 13.5. The van der Waals surface area contributed by atoms with E-state index in [0.29, 0.717) is 21.8 Å². The molecule has 0 radical (unpaired) electrons. The van der Waals surface area contributed by atoms with Crippen molar-refractivity contribution in [3.63, 3.8) is 0 Å². The molecule has 0 spiro atoms. The maximum absolute atomic E-state index is 13.5. The first-order chi connectivity index (χ1) is 12.6. The summed E-state index contributed by atoms with van der Waals surface area (Å²) in [6.45, 7) is 0. The zero-order chi connectivity index (χ0) is 18.1. The maximum Gasteiger partial charge on any atom is 0.330 e. The van der Waals surface area contributed by atoms with Gasteiger partial charge in [0.05, 0.1) is 5.69 Å². The predicted molar refractivity (Wildman–Crippen MR) is 101 cm³/mol. The molecule has 4 nitrogen and oxygen atoms in total. The van der Waals surface area contributed by atoms with Gasteiger partial charge >= 0.3 is 6.03 Å². The molecule has 5 heteroatoms. The lowest BCUT2D eigenvalue weighted by atomic mass is 9.82. The summed E-state index contributed by atoms with van der Waals surface area (Å²) < 4.78 is 0. The predicted octanol–water partition coefficient (Wildman–Crippen LogP) is 4.34. The number of carbonyl (C=O) groups is 2. The third kappa shape index (κ3) is 2.47. The Kier molecular flexibility index (Phi) is 3.98. The Labute approximate surface area is 156 Å². The van der Waals surface area contributed by atoms with Crippen LogP contribution in [0.1, 0.15) is 11.1 Å². The van der Waals surface area contributed by atoms with Crippen molar-refractivity contribution < 1.29 is 9.59 Å². The van der Waals surface area contributed by atoms with Crippen LogP contribution in [0.3, 0.4) is 0 Å². The van der Waals surface area contributed by atoms with E-state index in [1.54, 1.807) is 48.5 Å². The summed E-state index contributed by atoms with van der Waals surface area (Å²) in [7, 11) is 0. The number of amides is 3. The van der Waals surface area contributed by atoms with Crippen molar-refractivity contribution in [1.29, 1.82) is 0 Å². The van der Waals surface area contributed by atoms with Crippen LogP contribution in [0.5, 0.6) is 0 Å². The smallest absolute Gasteiger partial charge is 0.315 e. The molecule has 0 aromatic heterocycles. The first kappa shape index (κ1) is 16.4. The second-order valence-corrected chi connectivity index (χ2v) is 6.47. The van der Waals surface area contributed by atoms with Gasteiger partial charge in [-0.1, -0.05) is 72.3 Å². The summed E-state index contributed by atoms with van der Waals surface area (Å²) in [4.78, 5) is 27.5. The normalized spacial score (nSPS) is 19.5. The number of anilines is 1. The second kappa shape index (κ2) is 6.32. The number of nitrogens with one attached hydrogen (secondary N) is 1. The Morgan fingerprint density at radius 3 is 1.88 bits per heavy atom. The van der Waals surface area contributed by atoms with Crippen LogP contribution >= 0.6 is 11.6 Å². The van der Waals surface area contributed by atoms with Crippen LogP contribution in [-0.4, -0.2) is 11.9 Å². The molecule has 1 unspecified atom stereocenters. The lowest BCUT2D eigenvalue weighted by Crippen LogP contribution is -2.45. The van der Waals surface area contributed by atoms with Crippen LogP contribution in [-0.2, 0) is 10.3 Å². The molecule has 1 atom stereocenters. The zero-order valence-corrected chi connectivity index (χ0v) is 14.5. The number of halogens is 1. The molecule has 128 valence electrons. The molecule has 1 aliphatic heterocycles. The monoisotopic (exact) mass is 362 g/mol. The molecule has 0 bridgehead atoms. The lowest BCUT2D eigenvalue weighted by molar-refractivity contribution is -0.121. The summed E-state index contributed by atoms with van der Waals surface area (Å²) in [6, 6.07) is 24.6. The Morgan fingerprint density at radius 2 is 1.27 bits per heavy atom. The molecule has 0 aliphatic carbocycles. The molecule has 3 aromatic rings. The number of hydrogen-bond acceptors (Lipinski definition) is 2. The summed E-state index contributed by atoms with van der Waals surface area (Å²) in [6.07, 6.45) is 0. The first-order valence-corrected chi connectivity index (χ1v) is 8.54. The molecule has 1 fully saturated rings. The highest BCUT2D eigenvalue weighted by Crippen LogP contribution is 2.38. The fraction of sp³-hybridized carbons (Fsp3) is 0.0476. The lowest BCUT2D eigenvalue weighted by Gasteiger charge is -2.28. The Balaban J connectivity index is 1.91. The number of carbonyl (C=O) groups excluding carboxylic acids is 2. The van der Waals surface area contributed by atoms with Crippen LogP contribution in [0.2, 0.25) is 5.02 Å². The fourth-order valence-corrected chi connectivity index (χ4v) is 3.41. The molecule has 1 heterocycles. The van der Waals surface area contributed by atoms with Crippen molar-refractivity contribution >= 4 is 29.2 Å². The van der Waals surface area contributed by atoms with Crippen LogP contribution < -0.4 is 10.2 Å². The summed E-state index contributed by atoms with van der Waals surface area (Å²) in [5.41, 5.74) is 0.587. The molecule has 0 saturated carbocycles. The van der Waals surface area contributed by atoms with Crippen molar-refractivity contribution in [1.82, 2.24) is 5.32 Å². The van der Waals surface area contributed by atoms with Gasteiger partial charge in [-0.05, 0) is 35.4 Å². The van der Waals surface area contributed by atoms with Crippen molar-refractivity contribution in [3.8, 4) is 0 Å². The molecular weight excluding hydrogens is 348 g/mol. The first-order valence-electron chi connectivity index (χ1n) is 8.16. The number of benzene rings is 3. The highest BCUT2D eigenvalue weighted by atomic mass is 35.5. The Bertz CT molecular complexity index is 958. The van der Waals surface area contributed by atoms with Gasteiger partial charge in [-0.2, -0.15) is 0 Å². The van der Waals surface area contributed by atoms with E-state index >= 15 is 0 Å². The van der Waals surface area contributed by atoms with Crippen molar-refractivity contribution in [2.75, 3.05) is 4.90 Å². The van der Waals surface area contributed by atoms with Gasteiger partial charge < -0.3 is 5.32 Å². The fourth-order valence-electron chi connectivity index (χ4n) is 3.29. The van der Waals surface area contributed by atoms with Crippen molar-refractivity contribution in [2.24, 2.45) is 0 Å². The van der Waals surface area contributed by atoms with Crippen molar-refractivity contribution in [2.45, 2.75) is 5.54 Å². The van der Waals surface area contributed by atoms with Gasteiger partial charge in [0, 0.05) is 5.02 Å². The molecular formula is C21H15ClN2O2. The standard InChI is InChI=1S/C21H15ClN2O2/c22-17-13-11-16(12-14-17)21(15-7-3-1-4-8-15)19(25)24(20(26)23-21)18-9-5-2-6-10-18/h1-14H,(H,23,26). The van der Waals surface area contributed by atoms with E-state index in [0.717, 1.165) is 0 Å². The van der Waals surface area contributed by atoms with Crippen LogP contribution in [0.15, 0.2) is 84.9 Å². The Hall–Kier alpha value is -3.11. The second-order valence-electron chi connectivity index (χ2n) is 6.03. The van der Waals surface area contributed by atoms with E-state index in [4.69, 9.17) is 11.6 Å². The van der Waals surface area contributed by atoms with E-state index < -0.39 is 11.6 Å². The molecule has 1 aliphatic rings. The number of urea groups is 1. The van der Waals surface area contributed by atoms with Gasteiger partial charge in [-0.15, -0.1) is 0 Å². The molecule has 1 saturated heterocycles. The van der Waals surface area contributed by atoms with Crippen LogP contribution in [0.25, 0.3) is 0 Å². The third-order valence-electron chi connectivity index (χ3n) is 4.52. The highest BCUT2D eigenvalue weighted by molar-refractivity contribution is 6.30. The molecule has 1 N–H and O–H groups in total. The van der Waals surface area contributed by atoms with Gasteiger partial charge in [0.1, 0.15) is 0 Å². The molecule has 3 amide bonds. The van der Waals surface area contributed by atoms with Crippen molar-refractivity contribution in [3.05, 3.63) is 101 Å². The average Bonchev–Trinajstić information content (AvgIpc) is 2.95. The van der Waals surface area contributed by atoms with Gasteiger partial charge in [-0.25, -0.2) is 9.69 Å². The summed E-state index contributed by atoms with van der Waals surface area (Å²) in [5, 5.41) is 3.48. The van der Waals surface area contributed by atoms with Gasteiger partial charge in [0.15, 0.2) is 5.54 Å². The van der Waals surface area contributed by atoms with E-state index in [1.165, 1.54) is 4.90 Å². The number of hydrogen-bond donors (Lipinski definition) is 1. The van der Waals surface area contributed by atoms with Gasteiger partial charge in [0.2, 0.25) is 0 Å². The number of nitrogens with zero attached hydrogens (tertiary/aromatic N) is 1. The van der Waals surface area contributed by atoms with Crippen LogP contribution in [0.4, 0.5) is 10.5 Å². The zero-order valence-electron chi connectivity index (χ0n) is 13.7. The molecule has 26 heavy (non-hydrogen) atoms. The topological polar surface area (TPSA) is 49.4 Å². The minimum absolute atomic E-state index is 0.345. The summed E-state index contributed by atoms with van der Waals surface area (Å²) >= 11 is 6.02. The highest BCUT2D eigenvalue weighted by Gasteiger charge is 2.54. The largest absolute Gasteiger partial charge is 0.330 e. The molecule has 3 aromatic carbocycles. The third-order valence-corrected chi connectivity index (χ3v) is 4.77.